The van der Waals surface area contributed by atoms with Crippen LogP contribution in [0.15, 0.2) is 22.7 Å². The van der Waals surface area contributed by atoms with E-state index in [-0.39, 0.29) is 5.54 Å². The molecule has 0 heterocycles. The fourth-order valence-electron chi connectivity index (χ4n) is 2.31. The van der Waals surface area contributed by atoms with E-state index in [0.717, 1.165) is 11.1 Å². The van der Waals surface area contributed by atoms with Crippen molar-refractivity contribution in [2.45, 2.75) is 26.3 Å². The number of hydrogen-bond donors (Lipinski definition) is 0. The maximum atomic E-state index is 12.1. The maximum absolute atomic E-state index is 12.1. The van der Waals surface area contributed by atoms with Gasteiger partial charge in [-0.05, 0) is 44.5 Å². The van der Waals surface area contributed by atoms with Crippen LogP contribution < -0.4 is 9.47 Å². The molecule has 0 amide bonds. The van der Waals surface area contributed by atoms with Crippen LogP contribution in [0.1, 0.15) is 31.9 Å². The Morgan fingerprint density at radius 2 is 1.64 bits per heavy atom. The minimum absolute atomic E-state index is 0.322. The number of fused-ring (bicyclic) bond motifs is 1. The van der Waals surface area contributed by atoms with Crippen LogP contribution in [0, 0.1) is 0 Å². The van der Waals surface area contributed by atoms with Crippen molar-refractivity contribution in [2.24, 2.45) is 4.99 Å². The molecule has 0 spiro atoms. The molecule has 0 bridgehead atoms. The molecule has 0 atom stereocenters. The summed E-state index contributed by atoms with van der Waals surface area (Å²) in [6, 6.07) is 3.67. The largest absolute Gasteiger partial charge is 0.493 e. The predicted octanol–water partition coefficient (Wildman–Crippen LogP) is 2.86. The third kappa shape index (κ3) is 2.98. The van der Waals surface area contributed by atoms with Crippen LogP contribution >= 0.6 is 0 Å². The quantitative estimate of drug-likeness (QED) is 0.806. The second-order valence-electron chi connectivity index (χ2n) is 5.98. The van der Waals surface area contributed by atoms with Gasteiger partial charge in [0.15, 0.2) is 11.5 Å². The zero-order chi connectivity index (χ0) is 16.5. The number of carbonyl (C=O) groups excluding carboxylic acids is 1. The third-order valence-corrected chi connectivity index (χ3v) is 3.22. The van der Waals surface area contributed by atoms with E-state index in [0.29, 0.717) is 22.8 Å². The Hall–Kier alpha value is -2.30. The second-order valence-corrected chi connectivity index (χ2v) is 5.98. The van der Waals surface area contributed by atoms with Gasteiger partial charge in [-0.3, -0.25) is 4.99 Å². The van der Waals surface area contributed by atoms with Crippen molar-refractivity contribution in [2.75, 3.05) is 21.3 Å². The summed E-state index contributed by atoms with van der Waals surface area (Å²) in [5.74, 6) is 0.804. The molecule has 22 heavy (non-hydrogen) atoms. The Balaban J connectivity index is 2.66. The molecule has 1 aromatic rings. The monoisotopic (exact) mass is 303 g/mol. The van der Waals surface area contributed by atoms with Gasteiger partial charge >= 0.3 is 5.97 Å². The molecule has 0 unspecified atom stereocenters. The van der Waals surface area contributed by atoms with E-state index in [4.69, 9.17) is 14.2 Å². The van der Waals surface area contributed by atoms with Crippen LogP contribution in [0.2, 0.25) is 0 Å². The highest BCUT2D eigenvalue weighted by molar-refractivity contribution is 6.33. The van der Waals surface area contributed by atoms with Gasteiger partial charge in [-0.1, -0.05) is 0 Å². The Labute approximate surface area is 130 Å². The molecule has 0 aromatic heterocycles. The van der Waals surface area contributed by atoms with E-state index < -0.39 is 5.97 Å². The summed E-state index contributed by atoms with van der Waals surface area (Å²) in [6.07, 6.45) is 1.77. The first-order valence-electron chi connectivity index (χ1n) is 6.97. The summed E-state index contributed by atoms with van der Waals surface area (Å²) in [4.78, 5) is 16.7. The lowest BCUT2D eigenvalue weighted by Crippen LogP contribution is -2.19. The standard InChI is InChI=1S/C17H21NO4/c1-17(2,3)18-15-11-9-14(21-5)13(20-4)8-10(11)7-12(15)16(19)22-6/h7-9H,1-6H3. The summed E-state index contributed by atoms with van der Waals surface area (Å²) in [7, 11) is 4.52. The SMILES string of the molecule is COC(=O)C1=Cc2cc(OC)c(OC)cc2C1=NC(C)(C)C. The first kappa shape index (κ1) is 16.1. The number of carbonyl (C=O) groups is 1. The number of aliphatic imine (C=N–C) groups is 1. The first-order chi connectivity index (χ1) is 10.3. The van der Waals surface area contributed by atoms with E-state index in [1.807, 2.05) is 32.9 Å². The zero-order valence-corrected chi connectivity index (χ0v) is 13.8. The Morgan fingerprint density at radius 1 is 1.05 bits per heavy atom. The van der Waals surface area contributed by atoms with Crippen molar-refractivity contribution in [3.63, 3.8) is 0 Å². The molecular weight excluding hydrogens is 282 g/mol. The van der Waals surface area contributed by atoms with E-state index >= 15 is 0 Å². The van der Waals surface area contributed by atoms with Crippen molar-refractivity contribution < 1.29 is 19.0 Å². The van der Waals surface area contributed by atoms with Gasteiger partial charge in [-0.2, -0.15) is 0 Å². The number of esters is 1. The van der Waals surface area contributed by atoms with Crippen molar-refractivity contribution in [1.29, 1.82) is 0 Å². The second kappa shape index (κ2) is 5.83. The average Bonchev–Trinajstić information content (AvgIpc) is 2.80. The minimum Gasteiger partial charge on any atom is -0.493 e. The van der Waals surface area contributed by atoms with Crippen LogP contribution in [0.5, 0.6) is 11.5 Å². The van der Waals surface area contributed by atoms with Gasteiger partial charge in [0, 0.05) is 5.56 Å². The Kier molecular flexibility index (Phi) is 4.26. The minimum atomic E-state index is -0.405. The normalized spacial score (nSPS) is 15.4. The summed E-state index contributed by atoms with van der Waals surface area (Å²) in [5.41, 5.74) is 2.45. The average molecular weight is 303 g/mol. The van der Waals surface area contributed by atoms with Gasteiger partial charge in [-0.25, -0.2) is 4.79 Å². The molecule has 118 valence electrons. The summed E-state index contributed by atoms with van der Waals surface area (Å²) in [6.45, 7) is 5.94. The molecule has 0 saturated heterocycles. The molecule has 0 N–H and O–H groups in total. The van der Waals surface area contributed by atoms with Crippen LogP contribution in [0.4, 0.5) is 0 Å². The fraction of sp³-hybridized carbons (Fsp3) is 0.412. The van der Waals surface area contributed by atoms with Gasteiger partial charge in [0.05, 0.1) is 38.2 Å². The third-order valence-electron chi connectivity index (χ3n) is 3.22. The first-order valence-corrected chi connectivity index (χ1v) is 6.97. The molecule has 0 saturated carbocycles. The highest BCUT2D eigenvalue weighted by Crippen LogP contribution is 2.37. The van der Waals surface area contributed by atoms with Crippen LogP contribution in [0.3, 0.4) is 0 Å². The molecular formula is C17H21NO4. The molecule has 0 aliphatic heterocycles. The van der Waals surface area contributed by atoms with Crippen LogP contribution in [-0.4, -0.2) is 38.5 Å². The van der Waals surface area contributed by atoms with Crippen molar-refractivity contribution in [3.8, 4) is 11.5 Å². The van der Waals surface area contributed by atoms with Crippen LogP contribution in [-0.2, 0) is 9.53 Å². The van der Waals surface area contributed by atoms with E-state index in [9.17, 15) is 4.79 Å². The molecule has 1 aliphatic carbocycles. The van der Waals surface area contributed by atoms with Gasteiger partial charge in [0.1, 0.15) is 0 Å². The molecule has 0 radical (unpaired) electrons. The van der Waals surface area contributed by atoms with Gasteiger partial charge in [0.25, 0.3) is 0 Å². The van der Waals surface area contributed by atoms with Gasteiger partial charge < -0.3 is 14.2 Å². The van der Waals surface area contributed by atoms with Crippen molar-refractivity contribution >= 4 is 17.8 Å². The van der Waals surface area contributed by atoms with E-state index in [1.54, 1.807) is 20.3 Å². The topological polar surface area (TPSA) is 57.1 Å². The fourth-order valence-corrected chi connectivity index (χ4v) is 2.31. The molecule has 5 nitrogen and oxygen atoms in total. The Morgan fingerprint density at radius 3 is 2.14 bits per heavy atom. The number of benzene rings is 1. The van der Waals surface area contributed by atoms with Crippen molar-refractivity contribution in [1.82, 2.24) is 0 Å². The van der Waals surface area contributed by atoms with Crippen LogP contribution in [0.25, 0.3) is 6.08 Å². The smallest absolute Gasteiger partial charge is 0.340 e. The molecule has 1 aromatic carbocycles. The molecule has 5 heteroatoms. The van der Waals surface area contributed by atoms with Gasteiger partial charge in [0.2, 0.25) is 0 Å². The predicted molar refractivity (Wildman–Crippen MR) is 85.8 cm³/mol. The lowest BCUT2D eigenvalue weighted by molar-refractivity contribution is -0.135. The highest BCUT2D eigenvalue weighted by atomic mass is 16.5. The number of nitrogens with zero attached hydrogens (tertiary/aromatic N) is 1. The number of hydrogen-bond acceptors (Lipinski definition) is 5. The lowest BCUT2D eigenvalue weighted by atomic mass is 10.0. The number of methoxy groups -OCH3 is 3. The molecule has 2 rings (SSSR count). The lowest BCUT2D eigenvalue weighted by Gasteiger charge is -2.16. The number of rotatable bonds is 3. The summed E-state index contributed by atoms with van der Waals surface area (Å²) in [5, 5.41) is 0. The summed E-state index contributed by atoms with van der Waals surface area (Å²) >= 11 is 0. The van der Waals surface area contributed by atoms with Gasteiger partial charge in [-0.15, -0.1) is 0 Å². The molecule has 1 aliphatic rings. The highest BCUT2D eigenvalue weighted by Gasteiger charge is 2.29. The maximum Gasteiger partial charge on any atom is 0.340 e. The Bertz CT molecular complexity index is 666. The van der Waals surface area contributed by atoms with Crippen molar-refractivity contribution in [3.05, 3.63) is 28.8 Å². The zero-order valence-electron chi connectivity index (χ0n) is 13.8. The van der Waals surface area contributed by atoms with E-state index in [1.165, 1.54) is 7.11 Å². The van der Waals surface area contributed by atoms with E-state index in [2.05, 4.69) is 4.99 Å². The summed E-state index contributed by atoms with van der Waals surface area (Å²) < 4.78 is 15.5. The molecule has 0 fully saturated rings. The number of ether oxygens (including phenoxy) is 3.